The number of aromatic nitrogens is 2. The number of nitrogens with two attached hydrogens (primary N) is 1. The number of benzene rings is 1. The number of nitrogen functional groups attached to an aromatic ring is 1. The third kappa shape index (κ3) is 4.56. The lowest BCUT2D eigenvalue weighted by molar-refractivity contribution is -0.121. The lowest BCUT2D eigenvalue weighted by Crippen LogP contribution is -2.24. The van der Waals surface area contributed by atoms with Gasteiger partial charge in [-0.2, -0.15) is 10.2 Å². The summed E-state index contributed by atoms with van der Waals surface area (Å²) in [5.41, 5.74) is 6.97. The highest BCUT2D eigenvalue weighted by molar-refractivity contribution is 5.75. The summed E-state index contributed by atoms with van der Waals surface area (Å²) in [7, 11) is 0. The summed E-state index contributed by atoms with van der Waals surface area (Å²) in [5, 5.41) is 10.4. The highest BCUT2D eigenvalue weighted by Gasteiger charge is 2.02. The van der Waals surface area contributed by atoms with Crippen molar-refractivity contribution in [2.24, 2.45) is 0 Å². The predicted octanol–water partition coefficient (Wildman–Crippen LogP) is 1.14. The van der Waals surface area contributed by atoms with Gasteiger partial charge in [-0.25, -0.2) is 0 Å². The molecule has 0 radical (unpaired) electrons. The number of carbonyl (C=O) groups is 1. The van der Waals surface area contributed by atoms with E-state index in [9.17, 15) is 4.79 Å². The summed E-state index contributed by atoms with van der Waals surface area (Å²) in [6.07, 6.45) is 1.87. The SMILES string of the molecule is Nc1ccc(OCCC(=O)NCc2cccnn2)cc1. The average molecular weight is 272 g/mol. The van der Waals surface area contributed by atoms with Crippen LogP contribution < -0.4 is 15.8 Å². The molecule has 2 rings (SSSR count). The molecular formula is C14H16N4O2. The number of ether oxygens (including phenoxy) is 1. The van der Waals surface area contributed by atoms with Crippen LogP contribution in [0.25, 0.3) is 0 Å². The Morgan fingerprint density at radius 1 is 1.25 bits per heavy atom. The Balaban J connectivity index is 1.66. The van der Waals surface area contributed by atoms with Crippen molar-refractivity contribution in [3.8, 4) is 5.75 Å². The maximum absolute atomic E-state index is 11.6. The minimum absolute atomic E-state index is 0.0916. The fourth-order valence-corrected chi connectivity index (χ4v) is 1.53. The first-order chi connectivity index (χ1) is 9.74. The van der Waals surface area contributed by atoms with E-state index in [-0.39, 0.29) is 12.3 Å². The van der Waals surface area contributed by atoms with Crippen molar-refractivity contribution in [2.45, 2.75) is 13.0 Å². The van der Waals surface area contributed by atoms with Crippen molar-refractivity contribution >= 4 is 11.6 Å². The molecule has 20 heavy (non-hydrogen) atoms. The van der Waals surface area contributed by atoms with E-state index in [4.69, 9.17) is 10.5 Å². The standard InChI is InChI=1S/C14H16N4O2/c15-11-3-5-13(6-4-11)20-9-7-14(19)16-10-12-2-1-8-17-18-12/h1-6,8H,7,9-10,15H2,(H,16,19). The second-order valence-corrected chi connectivity index (χ2v) is 4.16. The zero-order valence-electron chi connectivity index (χ0n) is 11.0. The molecule has 0 bridgehead atoms. The molecule has 0 spiro atoms. The van der Waals surface area contributed by atoms with E-state index < -0.39 is 0 Å². The van der Waals surface area contributed by atoms with Gasteiger partial charge in [0.25, 0.3) is 0 Å². The van der Waals surface area contributed by atoms with Crippen LogP contribution in [0, 0.1) is 0 Å². The number of hydrogen-bond donors (Lipinski definition) is 2. The Kier molecular flexibility index (Phi) is 4.88. The van der Waals surface area contributed by atoms with Gasteiger partial charge < -0.3 is 15.8 Å². The Morgan fingerprint density at radius 2 is 2.05 bits per heavy atom. The Morgan fingerprint density at radius 3 is 2.75 bits per heavy atom. The summed E-state index contributed by atoms with van der Waals surface area (Å²) >= 11 is 0. The number of carbonyl (C=O) groups excluding carboxylic acids is 1. The van der Waals surface area contributed by atoms with Crippen LogP contribution >= 0.6 is 0 Å². The van der Waals surface area contributed by atoms with Crippen molar-refractivity contribution in [1.29, 1.82) is 0 Å². The molecule has 3 N–H and O–H groups in total. The molecule has 6 nitrogen and oxygen atoms in total. The highest BCUT2D eigenvalue weighted by Crippen LogP contribution is 2.13. The topological polar surface area (TPSA) is 90.1 Å². The van der Waals surface area contributed by atoms with Gasteiger partial charge in [0.1, 0.15) is 5.75 Å². The molecule has 1 amide bonds. The van der Waals surface area contributed by atoms with Gasteiger partial charge in [-0.3, -0.25) is 4.79 Å². The van der Waals surface area contributed by atoms with Crippen molar-refractivity contribution < 1.29 is 9.53 Å². The molecule has 0 aliphatic carbocycles. The quantitative estimate of drug-likeness (QED) is 0.770. The summed E-state index contributed by atoms with van der Waals surface area (Å²) < 4.78 is 5.44. The van der Waals surface area contributed by atoms with Gasteiger partial charge in [-0.05, 0) is 36.4 Å². The molecule has 6 heteroatoms. The van der Waals surface area contributed by atoms with Gasteiger partial charge in [-0.15, -0.1) is 0 Å². The van der Waals surface area contributed by atoms with E-state index in [2.05, 4.69) is 15.5 Å². The Labute approximate surface area is 117 Å². The van der Waals surface area contributed by atoms with Crippen LogP contribution in [0.1, 0.15) is 12.1 Å². The van der Waals surface area contributed by atoms with Gasteiger partial charge in [-0.1, -0.05) is 0 Å². The van der Waals surface area contributed by atoms with Crippen molar-refractivity contribution in [3.05, 3.63) is 48.3 Å². The second-order valence-electron chi connectivity index (χ2n) is 4.16. The molecule has 2 aromatic rings. The van der Waals surface area contributed by atoms with Crippen LogP contribution in [-0.2, 0) is 11.3 Å². The van der Waals surface area contributed by atoms with Crippen LogP contribution in [-0.4, -0.2) is 22.7 Å². The highest BCUT2D eigenvalue weighted by atomic mass is 16.5. The van der Waals surface area contributed by atoms with Gasteiger partial charge in [0.05, 0.1) is 25.3 Å². The van der Waals surface area contributed by atoms with Crippen LogP contribution in [0.4, 0.5) is 5.69 Å². The monoisotopic (exact) mass is 272 g/mol. The molecule has 0 unspecified atom stereocenters. The zero-order chi connectivity index (χ0) is 14.2. The first kappa shape index (κ1) is 13.8. The largest absolute Gasteiger partial charge is 0.493 e. The van der Waals surface area contributed by atoms with E-state index in [1.807, 2.05) is 0 Å². The molecular weight excluding hydrogens is 256 g/mol. The number of nitrogens with zero attached hydrogens (tertiary/aromatic N) is 2. The number of nitrogens with one attached hydrogen (secondary N) is 1. The van der Waals surface area contributed by atoms with Crippen LogP contribution in [0.15, 0.2) is 42.6 Å². The van der Waals surface area contributed by atoms with Crippen molar-refractivity contribution in [1.82, 2.24) is 15.5 Å². The van der Waals surface area contributed by atoms with Gasteiger partial charge in [0.15, 0.2) is 0 Å². The molecule has 0 atom stereocenters. The van der Waals surface area contributed by atoms with E-state index in [1.165, 1.54) is 0 Å². The second kappa shape index (κ2) is 7.08. The van der Waals surface area contributed by atoms with Crippen LogP contribution in [0.3, 0.4) is 0 Å². The van der Waals surface area contributed by atoms with Gasteiger partial charge >= 0.3 is 0 Å². The molecule has 104 valence electrons. The van der Waals surface area contributed by atoms with Crippen LogP contribution in [0.5, 0.6) is 5.75 Å². The average Bonchev–Trinajstić information content (AvgIpc) is 2.48. The van der Waals surface area contributed by atoms with Gasteiger partial charge in [0.2, 0.25) is 5.91 Å². The molecule has 0 fully saturated rings. The Bertz CT molecular complexity index is 543. The first-order valence-electron chi connectivity index (χ1n) is 6.25. The van der Waals surface area contributed by atoms with Gasteiger partial charge in [0, 0.05) is 11.9 Å². The summed E-state index contributed by atoms with van der Waals surface area (Å²) in [6, 6.07) is 10.6. The fourth-order valence-electron chi connectivity index (χ4n) is 1.53. The van der Waals surface area contributed by atoms with Crippen molar-refractivity contribution in [3.63, 3.8) is 0 Å². The third-order valence-corrected chi connectivity index (χ3v) is 2.57. The maximum atomic E-state index is 11.6. The number of anilines is 1. The molecule has 0 saturated heterocycles. The molecule has 1 aromatic heterocycles. The molecule has 0 saturated carbocycles. The summed E-state index contributed by atoms with van der Waals surface area (Å²) in [5.74, 6) is 0.604. The zero-order valence-corrected chi connectivity index (χ0v) is 11.0. The first-order valence-corrected chi connectivity index (χ1v) is 6.25. The third-order valence-electron chi connectivity index (χ3n) is 2.57. The minimum Gasteiger partial charge on any atom is -0.493 e. The number of rotatable bonds is 6. The van der Waals surface area contributed by atoms with Crippen LogP contribution in [0.2, 0.25) is 0 Å². The lowest BCUT2D eigenvalue weighted by Gasteiger charge is -2.07. The maximum Gasteiger partial charge on any atom is 0.223 e. The summed E-state index contributed by atoms with van der Waals surface area (Å²) in [6.45, 7) is 0.685. The predicted molar refractivity (Wildman–Crippen MR) is 74.8 cm³/mol. The molecule has 1 aromatic carbocycles. The summed E-state index contributed by atoms with van der Waals surface area (Å²) in [4.78, 5) is 11.6. The normalized spacial score (nSPS) is 10.0. The smallest absolute Gasteiger partial charge is 0.223 e. The number of amides is 1. The van der Waals surface area contributed by atoms with E-state index in [0.717, 1.165) is 5.69 Å². The lowest BCUT2D eigenvalue weighted by atomic mass is 10.3. The fraction of sp³-hybridized carbons (Fsp3) is 0.214. The Hall–Kier alpha value is -2.63. The van der Waals surface area contributed by atoms with Crippen molar-refractivity contribution in [2.75, 3.05) is 12.3 Å². The van der Waals surface area contributed by atoms with E-state index in [1.54, 1.807) is 42.6 Å². The van der Waals surface area contributed by atoms with E-state index in [0.29, 0.717) is 24.6 Å². The number of hydrogen-bond acceptors (Lipinski definition) is 5. The minimum atomic E-state index is -0.0916. The molecule has 0 aliphatic heterocycles. The van der Waals surface area contributed by atoms with E-state index >= 15 is 0 Å². The molecule has 1 heterocycles. The molecule has 0 aliphatic rings.